The van der Waals surface area contributed by atoms with Crippen LogP contribution in [0.4, 0.5) is 0 Å². The Morgan fingerprint density at radius 1 is 1.15 bits per heavy atom. The fraction of sp³-hybridized carbons (Fsp3) is 0.188. The summed E-state index contributed by atoms with van der Waals surface area (Å²) in [5, 5.41) is 11.4. The summed E-state index contributed by atoms with van der Waals surface area (Å²) in [4.78, 5) is 6.55. The molecule has 1 N–H and O–H groups in total. The largest absolute Gasteiger partial charge is 0.363 e. The molecule has 100 valence electrons. The Hall–Kier alpha value is -1.65. The van der Waals surface area contributed by atoms with E-state index < -0.39 is 5.72 Å². The first-order valence-corrected chi connectivity index (χ1v) is 7.41. The maximum Gasteiger partial charge on any atom is 0.193 e. The summed E-state index contributed by atoms with van der Waals surface area (Å²) < 4.78 is 0.963. The highest BCUT2D eigenvalue weighted by atomic mass is 79.9. The van der Waals surface area contributed by atoms with Gasteiger partial charge in [0.15, 0.2) is 5.72 Å². The third-order valence-corrected chi connectivity index (χ3v) is 4.50. The summed E-state index contributed by atoms with van der Waals surface area (Å²) in [6.07, 6.45) is 0. The van der Waals surface area contributed by atoms with E-state index in [9.17, 15) is 5.11 Å². The Morgan fingerprint density at radius 3 is 2.85 bits per heavy atom. The Balaban J connectivity index is 1.99. The van der Waals surface area contributed by atoms with Crippen molar-refractivity contribution < 1.29 is 5.11 Å². The Labute approximate surface area is 125 Å². The summed E-state index contributed by atoms with van der Waals surface area (Å²) in [5.74, 6) is 0.906. The van der Waals surface area contributed by atoms with Gasteiger partial charge in [-0.3, -0.25) is 4.99 Å². The molecule has 0 amide bonds. The van der Waals surface area contributed by atoms with E-state index in [-0.39, 0.29) is 0 Å². The Kier molecular flexibility index (Phi) is 2.53. The Morgan fingerprint density at radius 2 is 2.00 bits per heavy atom. The van der Waals surface area contributed by atoms with Crippen LogP contribution in [0, 0.1) is 0 Å². The van der Waals surface area contributed by atoms with Crippen LogP contribution in [0.1, 0.15) is 16.7 Å². The predicted molar refractivity (Wildman–Crippen MR) is 81.7 cm³/mol. The van der Waals surface area contributed by atoms with Crippen molar-refractivity contribution in [3.63, 3.8) is 0 Å². The highest BCUT2D eigenvalue weighted by molar-refractivity contribution is 9.10. The van der Waals surface area contributed by atoms with Gasteiger partial charge in [-0.2, -0.15) is 0 Å². The lowest BCUT2D eigenvalue weighted by atomic mass is 9.94. The van der Waals surface area contributed by atoms with Gasteiger partial charge in [0.1, 0.15) is 5.84 Å². The fourth-order valence-electron chi connectivity index (χ4n) is 3.14. The van der Waals surface area contributed by atoms with Crippen molar-refractivity contribution in [2.75, 3.05) is 13.1 Å². The molecule has 20 heavy (non-hydrogen) atoms. The molecule has 2 aliphatic heterocycles. The molecule has 0 fully saturated rings. The monoisotopic (exact) mass is 328 g/mol. The van der Waals surface area contributed by atoms with Crippen LogP contribution < -0.4 is 0 Å². The summed E-state index contributed by atoms with van der Waals surface area (Å²) in [5.41, 5.74) is 1.70. The third kappa shape index (κ3) is 1.46. The first-order chi connectivity index (χ1) is 9.71. The molecule has 2 aliphatic rings. The topological polar surface area (TPSA) is 35.8 Å². The second kappa shape index (κ2) is 4.17. The van der Waals surface area contributed by atoms with Crippen LogP contribution >= 0.6 is 15.9 Å². The fourth-order valence-corrected chi connectivity index (χ4v) is 3.54. The average molecular weight is 329 g/mol. The highest BCUT2D eigenvalue weighted by Gasteiger charge is 2.49. The molecule has 4 heteroatoms. The van der Waals surface area contributed by atoms with E-state index in [0.29, 0.717) is 0 Å². The quantitative estimate of drug-likeness (QED) is 0.873. The standard InChI is InChI=1S/C16H13BrN2O/c17-12-5-3-4-11(10-12)16(20)14-7-2-1-6-13(14)15-18-8-9-19(15)16/h1-7,10,20H,8-9H2. The molecule has 2 heterocycles. The van der Waals surface area contributed by atoms with E-state index in [2.05, 4.69) is 20.9 Å². The van der Waals surface area contributed by atoms with Gasteiger partial charge in [-0.1, -0.05) is 52.3 Å². The minimum absolute atomic E-state index is 0.736. The van der Waals surface area contributed by atoms with Crippen LogP contribution in [0.2, 0.25) is 0 Å². The van der Waals surface area contributed by atoms with Gasteiger partial charge < -0.3 is 10.0 Å². The molecule has 0 aromatic heterocycles. The average Bonchev–Trinajstić information content (AvgIpc) is 3.03. The molecule has 0 radical (unpaired) electrons. The molecule has 0 aliphatic carbocycles. The number of halogens is 1. The van der Waals surface area contributed by atoms with Crippen molar-refractivity contribution in [3.8, 4) is 0 Å². The van der Waals surface area contributed by atoms with E-state index in [0.717, 1.165) is 40.1 Å². The number of aliphatic imine (C=N–C) groups is 1. The number of amidine groups is 1. The summed E-state index contributed by atoms with van der Waals surface area (Å²) in [6.45, 7) is 1.48. The predicted octanol–water partition coefficient (Wildman–Crippen LogP) is 2.72. The number of rotatable bonds is 1. The molecule has 4 rings (SSSR count). The zero-order chi connectivity index (χ0) is 13.7. The number of benzene rings is 2. The van der Waals surface area contributed by atoms with Crippen LogP contribution in [0.5, 0.6) is 0 Å². The van der Waals surface area contributed by atoms with Crippen molar-refractivity contribution in [1.29, 1.82) is 0 Å². The molecule has 0 saturated carbocycles. The van der Waals surface area contributed by atoms with Crippen LogP contribution in [0.3, 0.4) is 0 Å². The van der Waals surface area contributed by atoms with Gasteiger partial charge in [-0.05, 0) is 12.1 Å². The van der Waals surface area contributed by atoms with Crippen LogP contribution in [-0.4, -0.2) is 28.9 Å². The van der Waals surface area contributed by atoms with Crippen molar-refractivity contribution >= 4 is 21.8 Å². The zero-order valence-corrected chi connectivity index (χ0v) is 12.3. The molecular weight excluding hydrogens is 316 g/mol. The van der Waals surface area contributed by atoms with Gasteiger partial charge in [-0.25, -0.2) is 0 Å². The zero-order valence-electron chi connectivity index (χ0n) is 10.8. The van der Waals surface area contributed by atoms with Gasteiger partial charge in [0.2, 0.25) is 0 Å². The van der Waals surface area contributed by atoms with E-state index in [1.807, 2.05) is 53.4 Å². The maximum absolute atomic E-state index is 11.4. The normalized spacial score (nSPS) is 23.5. The van der Waals surface area contributed by atoms with Gasteiger partial charge in [0, 0.05) is 27.7 Å². The minimum atomic E-state index is -1.12. The molecule has 2 aromatic carbocycles. The molecule has 1 atom stereocenters. The molecular formula is C16H13BrN2O. The Bertz CT molecular complexity index is 728. The van der Waals surface area contributed by atoms with Crippen LogP contribution in [0.25, 0.3) is 0 Å². The maximum atomic E-state index is 11.4. The number of aliphatic hydroxyl groups is 1. The summed E-state index contributed by atoms with van der Waals surface area (Å²) >= 11 is 3.49. The molecule has 0 bridgehead atoms. The van der Waals surface area contributed by atoms with Crippen molar-refractivity contribution in [3.05, 3.63) is 69.7 Å². The van der Waals surface area contributed by atoms with Gasteiger partial charge in [0.05, 0.1) is 6.54 Å². The number of nitrogens with zero attached hydrogens (tertiary/aromatic N) is 2. The van der Waals surface area contributed by atoms with E-state index in [4.69, 9.17) is 0 Å². The lowest BCUT2D eigenvalue weighted by molar-refractivity contribution is -0.0242. The second-order valence-electron chi connectivity index (χ2n) is 5.09. The molecule has 2 aromatic rings. The van der Waals surface area contributed by atoms with E-state index in [1.54, 1.807) is 0 Å². The molecule has 3 nitrogen and oxygen atoms in total. The third-order valence-electron chi connectivity index (χ3n) is 4.00. The van der Waals surface area contributed by atoms with Crippen molar-refractivity contribution in [2.24, 2.45) is 4.99 Å². The molecule has 0 saturated heterocycles. The lowest BCUT2D eigenvalue weighted by Crippen LogP contribution is -2.43. The van der Waals surface area contributed by atoms with Crippen molar-refractivity contribution in [2.45, 2.75) is 5.72 Å². The van der Waals surface area contributed by atoms with Crippen molar-refractivity contribution in [1.82, 2.24) is 4.90 Å². The number of hydrogen-bond acceptors (Lipinski definition) is 3. The lowest BCUT2D eigenvalue weighted by Gasteiger charge is -2.34. The number of hydrogen-bond donors (Lipinski definition) is 1. The summed E-state index contributed by atoms with van der Waals surface area (Å²) in [7, 11) is 0. The molecule has 0 spiro atoms. The first-order valence-electron chi connectivity index (χ1n) is 6.61. The van der Waals surface area contributed by atoms with E-state index >= 15 is 0 Å². The van der Waals surface area contributed by atoms with Gasteiger partial charge in [0.25, 0.3) is 0 Å². The second-order valence-corrected chi connectivity index (χ2v) is 6.00. The van der Waals surface area contributed by atoms with E-state index in [1.165, 1.54) is 0 Å². The van der Waals surface area contributed by atoms with Gasteiger partial charge in [-0.15, -0.1) is 0 Å². The first kappa shape index (κ1) is 12.1. The minimum Gasteiger partial charge on any atom is -0.363 e. The summed E-state index contributed by atoms with van der Waals surface area (Å²) in [6, 6.07) is 15.8. The van der Waals surface area contributed by atoms with Crippen LogP contribution in [0.15, 0.2) is 58.0 Å². The smallest absolute Gasteiger partial charge is 0.193 e. The van der Waals surface area contributed by atoms with Gasteiger partial charge >= 0.3 is 0 Å². The SMILES string of the molecule is OC1(c2cccc(Br)c2)c2ccccc2C2=NCCN21. The number of fused-ring (bicyclic) bond motifs is 3. The van der Waals surface area contributed by atoms with Crippen LogP contribution in [-0.2, 0) is 5.72 Å². The highest BCUT2D eigenvalue weighted by Crippen LogP contribution is 2.44. The molecule has 1 unspecified atom stereocenters.